The van der Waals surface area contributed by atoms with E-state index in [-0.39, 0.29) is 5.56 Å². The van der Waals surface area contributed by atoms with Gasteiger partial charge in [0.2, 0.25) is 0 Å². The summed E-state index contributed by atoms with van der Waals surface area (Å²) in [6, 6.07) is 11.8. The number of nitrogens with one attached hydrogen (secondary N) is 1. The summed E-state index contributed by atoms with van der Waals surface area (Å²) >= 11 is 0. The van der Waals surface area contributed by atoms with Crippen molar-refractivity contribution in [2.75, 3.05) is 5.32 Å². The number of anilines is 1. The van der Waals surface area contributed by atoms with Crippen molar-refractivity contribution in [3.05, 3.63) is 71.7 Å². The lowest BCUT2D eigenvalue weighted by molar-refractivity contribution is 0.151. The molecule has 0 spiro atoms. The quantitative estimate of drug-likeness (QED) is 0.755. The molecule has 0 bridgehead atoms. The molecule has 0 aliphatic carbocycles. The van der Waals surface area contributed by atoms with E-state index in [4.69, 9.17) is 0 Å². The summed E-state index contributed by atoms with van der Waals surface area (Å²) in [7, 11) is 0. The van der Waals surface area contributed by atoms with Crippen molar-refractivity contribution in [1.82, 2.24) is 15.0 Å². The molecule has 2 heterocycles. The molecule has 1 N–H and O–H groups in total. The van der Waals surface area contributed by atoms with Crippen LogP contribution in [0.2, 0.25) is 0 Å². The van der Waals surface area contributed by atoms with E-state index >= 15 is 0 Å². The summed E-state index contributed by atoms with van der Waals surface area (Å²) in [5.41, 5.74) is 2.60. The zero-order valence-electron chi connectivity index (χ0n) is 13.1. The normalized spacial score (nSPS) is 10.8. The molecule has 0 amide bonds. The first-order chi connectivity index (χ1) is 11.6. The molecule has 1 aromatic carbocycles. The fourth-order valence-corrected chi connectivity index (χ4v) is 2.26. The van der Waals surface area contributed by atoms with Crippen LogP contribution in [-0.2, 0) is 6.54 Å². The molecule has 0 atom stereocenters. The summed E-state index contributed by atoms with van der Waals surface area (Å²) in [5.74, 6) is 1.28. The standard InChI is InChI=1S/C18H16F2N4/c1-12-9-16(24-18(23-12)15-3-2-8-21-11-15)22-10-13-4-6-14(7-5-13)17(19)20/h2-9,11,17H,10H2,1H3,(H,22,23,24). The van der Waals surface area contributed by atoms with Crippen LogP contribution in [0.15, 0.2) is 54.9 Å². The Kier molecular flexibility index (Phi) is 4.74. The third kappa shape index (κ3) is 3.90. The maximum absolute atomic E-state index is 12.6. The maximum atomic E-state index is 12.6. The van der Waals surface area contributed by atoms with Gasteiger partial charge in [0.05, 0.1) is 0 Å². The van der Waals surface area contributed by atoms with Crippen molar-refractivity contribution in [3.63, 3.8) is 0 Å². The molecule has 0 unspecified atom stereocenters. The molecule has 0 saturated heterocycles. The van der Waals surface area contributed by atoms with Crippen molar-refractivity contribution in [2.45, 2.75) is 19.9 Å². The van der Waals surface area contributed by atoms with Crippen molar-refractivity contribution in [1.29, 1.82) is 0 Å². The van der Waals surface area contributed by atoms with E-state index < -0.39 is 6.43 Å². The van der Waals surface area contributed by atoms with Crippen LogP contribution in [0.25, 0.3) is 11.4 Å². The minimum Gasteiger partial charge on any atom is -0.366 e. The molecule has 4 nitrogen and oxygen atoms in total. The van der Waals surface area contributed by atoms with Crippen LogP contribution in [0.5, 0.6) is 0 Å². The molecule has 0 radical (unpaired) electrons. The molecule has 2 aromatic heterocycles. The Bertz CT molecular complexity index is 805. The van der Waals surface area contributed by atoms with Crippen molar-refractivity contribution in [2.24, 2.45) is 0 Å². The maximum Gasteiger partial charge on any atom is 0.263 e. The molecule has 0 aliphatic heterocycles. The number of hydrogen-bond acceptors (Lipinski definition) is 4. The minimum absolute atomic E-state index is 0.0236. The first kappa shape index (κ1) is 16.0. The Morgan fingerprint density at radius 1 is 1.08 bits per heavy atom. The Morgan fingerprint density at radius 3 is 2.54 bits per heavy atom. The SMILES string of the molecule is Cc1cc(NCc2ccc(C(F)F)cc2)nc(-c2cccnc2)n1. The Hall–Kier alpha value is -2.89. The molecular formula is C18H16F2N4. The van der Waals surface area contributed by atoms with Gasteiger partial charge < -0.3 is 5.32 Å². The van der Waals surface area contributed by atoms with E-state index in [0.29, 0.717) is 18.2 Å². The number of pyridine rings is 1. The molecule has 24 heavy (non-hydrogen) atoms. The lowest BCUT2D eigenvalue weighted by Gasteiger charge is -2.09. The average molecular weight is 326 g/mol. The summed E-state index contributed by atoms with van der Waals surface area (Å²) in [5, 5.41) is 3.20. The van der Waals surface area contributed by atoms with E-state index in [0.717, 1.165) is 16.8 Å². The van der Waals surface area contributed by atoms with Crippen LogP contribution in [0.1, 0.15) is 23.2 Å². The van der Waals surface area contributed by atoms with Crippen molar-refractivity contribution >= 4 is 5.82 Å². The smallest absolute Gasteiger partial charge is 0.263 e. The number of rotatable bonds is 5. The van der Waals surface area contributed by atoms with Crippen molar-refractivity contribution < 1.29 is 8.78 Å². The Morgan fingerprint density at radius 2 is 1.88 bits per heavy atom. The fraction of sp³-hybridized carbons (Fsp3) is 0.167. The highest BCUT2D eigenvalue weighted by Crippen LogP contribution is 2.20. The van der Waals surface area contributed by atoms with Crippen LogP contribution < -0.4 is 5.32 Å². The van der Waals surface area contributed by atoms with Gasteiger partial charge >= 0.3 is 0 Å². The number of aryl methyl sites for hydroxylation is 1. The average Bonchev–Trinajstić information content (AvgIpc) is 2.60. The predicted molar refractivity (Wildman–Crippen MR) is 88.7 cm³/mol. The van der Waals surface area contributed by atoms with Gasteiger partial charge in [-0.15, -0.1) is 0 Å². The van der Waals surface area contributed by atoms with E-state index in [2.05, 4.69) is 20.3 Å². The number of aromatic nitrogens is 3. The van der Waals surface area contributed by atoms with Crippen LogP contribution in [-0.4, -0.2) is 15.0 Å². The molecule has 0 saturated carbocycles. The van der Waals surface area contributed by atoms with E-state index in [9.17, 15) is 8.78 Å². The van der Waals surface area contributed by atoms with Crippen molar-refractivity contribution in [3.8, 4) is 11.4 Å². The van der Waals surface area contributed by atoms with E-state index in [1.807, 2.05) is 25.1 Å². The highest BCUT2D eigenvalue weighted by molar-refractivity contribution is 5.56. The highest BCUT2D eigenvalue weighted by atomic mass is 19.3. The monoisotopic (exact) mass is 326 g/mol. The van der Waals surface area contributed by atoms with E-state index in [1.165, 1.54) is 12.1 Å². The second-order valence-corrected chi connectivity index (χ2v) is 5.36. The summed E-state index contributed by atoms with van der Waals surface area (Å²) in [6.07, 6.45) is 0.960. The lowest BCUT2D eigenvalue weighted by atomic mass is 10.1. The number of benzene rings is 1. The number of alkyl halides is 2. The van der Waals surface area contributed by atoms with Gasteiger partial charge in [-0.3, -0.25) is 4.98 Å². The molecule has 0 fully saturated rings. The molecule has 6 heteroatoms. The highest BCUT2D eigenvalue weighted by Gasteiger charge is 2.07. The summed E-state index contributed by atoms with van der Waals surface area (Å²) < 4.78 is 25.1. The van der Waals surface area contributed by atoms with Gasteiger partial charge in [0, 0.05) is 41.8 Å². The van der Waals surface area contributed by atoms with Crippen LogP contribution in [0.3, 0.4) is 0 Å². The largest absolute Gasteiger partial charge is 0.366 e. The number of hydrogen-bond donors (Lipinski definition) is 1. The topological polar surface area (TPSA) is 50.7 Å². The first-order valence-corrected chi connectivity index (χ1v) is 7.49. The summed E-state index contributed by atoms with van der Waals surface area (Å²) in [4.78, 5) is 13.0. The van der Waals surface area contributed by atoms with Gasteiger partial charge in [0.15, 0.2) is 5.82 Å². The molecular weight excluding hydrogens is 310 g/mol. The zero-order chi connectivity index (χ0) is 16.9. The molecule has 3 rings (SSSR count). The van der Waals surface area contributed by atoms with Crippen LogP contribution in [0.4, 0.5) is 14.6 Å². The van der Waals surface area contributed by atoms with Gasteiger partial charge in [0.1, 0.15) is 5.82 Å². The van der Waals surface area contributed by atoms with Gasteiger partial charge in [0.25, 0.3) is 6.43 Å². The number of nitrogens with zero attached hydrogens (tertiary/aromatic N) is 3. The second kappa shape index (κ2) is 7.12. The van der Waals surface area contributed by atoms with Gasteiger partial charge in [-0.1, -0.05) is 24.3 Å². The third-order valence-corrected chi connectivity index (χ3v) is 3.48. The first-order valence-electron chi connectivity index (χ1n) is 7.49. The second-order valence-electron chi connectivity index (χ2n) is 5.36. The predicted octanol–water partition coefficient (Wildman–Crippen LogP) is 4.40. The summed E-state index contributed by atoms with van der Waals surface area (Å²) in [6.45, 7) is 2.39. The zero-order valence-corrected chi connectivity index (χ0v) is 13.1. The molecule has 3 aromatic rings. The van der Waals surface area contributed by atoms with Gasteiger partial charge in [-0.25, -0.2) is 18.7 Å². The van der Waals surface area contributed by atoms with Crippen LogP contribution in [0, 0.1) is 6.92 Å². The van der Waals surface area contributed by atoms with Gasteiger partial charge in [-0.2, -0.15) is 0 Å². The third-order valence-electron chi connectivity index (χ3n) is 3.48. The Labute approximate surface area is 138 Å². The van der Waals surface area contributed by atoms with Gasteiger partial charge in [-0.05, 0) is 24.6 Å². The molecule has 0 aliphatic rings. The lowest BCUT2D eigenvalue weighted by Crippen LogP contribution is -2.04. The molecule has 122 valence electrons. The van der Waals surface area contributed by atoms with Crippen LogP contribution >= 0.6 is 0 Å². The fourth-order valence-electron chi connectivity index (χ4n) is 2.26. The Balaban J connectivity index is 1.74. The minimum atomic E-state index is -2.45. The van der Waals surface area contributed by atoms with E-state index in [1.54, 1.807) is 24.5 Å². The number of halogens is 2.